The number of fused-ring (bicyclic) bond motifs is 1. The van der Waals surface area contributed by atoms with E-state index in [4.69, 9.17) is 0 Å². The average Bonchev–Trinajstić information content (AvgIpc) is 3.08. The molecular weight excluding hydrogens is 250 g/mol. The highest BCUT2D eigenvalue weighted by atomic mass is 16.2. The molecule has 3 fully saturated rings. The Bertz CT molecular complexity index is 540. The summed E-state index contributed by atoms with van der Waals surface area (Å²) in [6, 6.07) is 4.07. The first-order valence-electron chi connectivity index (χ1n) is 7.67. The van der Waals surface area contributed by atoms with Gasteiger partial charge in [-0.1, -0.05) is 6.07 Å². The van der Waals surface area contributed by atoms with Crippen LogP contribution in [0.25, 0.3) is 0 Å². The highest BCUT2D eigenvalue weighted by Gasteiger charge is 2.47. The van der Waals surface area contributed by atoms with Gasteiger partial charge in [0.1, 0.15) is 5.82 Å². The topological polar surface area (TPSA) is 36.4 Å². The Labute approximate surface area is 119 Å². The lowest BCUT2D eigenvalue weighted by Crippen LogP contribution is -2.34. The molecule has 4 nitrogen and oxygen atoms in total. The van der Waals surface area contributed by atoms with Gasteiger partial charge in [0.25, 0.3) is 0 Å². The number of carbonyl (C=O) groups excluding carboxylic acids is 1. The Hall–Kier alpha value is -1.58. The van der Waals surface area contributed by atoms with Gasteiger partial charge in [-0.2, -0.15) is 0 Å². The van der Waals surface area contributed by atoms with Gasteiger partial charge in [-0.25, -0.2) is 4.98 Å². The molecule has 0 radical (unpaired) electrons. The molecule has 2 atom stereocenters. The Morgan fingerprint density at radius 3 is 2.85 bits per heavy atom. The van der Waals surface area contributed by atoms with Crippen LogP contribution in [0.4, 0.5) is 5.82 Å². The summed E-state index contributed by atoms with van der Waals surface area (Å²) in [5.74, 6) is 2.95. The molecule has 4 heteroatoms. The Balaban J connectivity index is 1.47. The summed E-state index contributed by atoms with van der Waals surface area (Å²) in [5.41, 5.74) is 1.20. The molecule has 0 N–H and O–H groups in total. The number of amides is 1. The van der Waals surface area contributed by atoms with Crippen LogP contribution >= 0.6 is 0 Å². The van der Waals surface area contributed by atoms with Crippen LogP contribution in [0.15, 0.2) is 18.3 Å². The van der Waals surface area contributed by atoms with Gasteiger partial charge in [-0.3, -0.25) is 4.79 Å². The van der Waals surface area contributed by atoms with Gasteiger partial charge >= 0.3 is 0 Å². The quantitative estimate of drug-likeness (QED) is 0.839. The minimum atomic E-state index is 0.204. The normalized spacial score (nSPS) is 29.1. The largest absolute Gasteiger partial charge is 0.355 e. The summed E-state index contributed by atoms with van der Waals surface area (Å²) >= 11 is 0. The average molecular weight is 271 g/mol. The van der Waals surface area contributed by atoms with E-state index in [0.29, 0.717) is 11.8 Å². The van der Waals surface area contributed by atoms with E-state index in [9.17, 15) is 4.79 Å². The van der Waals surface area contributed by atoms with Crippen LogP contribution < -0.4 is 4.90 Å². The first-order chi connectivity index (χ1) is 9.72. The minimum absolute atomic E-state index is 0.204. The van der Waals surface area contributed by atoms with Gasteiger partial charge in [0.2, 0.25) is 5.91 Å². The lowest BCUT2D eigenvalue weighted by molar-refractivity contribution is -0.130. The molecule has 20 heavy (non-hydrogen) atoms. The monoisotopic (exact) mass is 271 g/mol. The summed E-state index contributed by atoms with van der Waals surface area (Å²) in [7, 11) is 0. The van der Waals surface area contributed by atoms with E-state index < -0.39 is 0 Å². The molecule has 3 heterocycles. The second-order valence-electron chi connectivity index (χ2n) is 6.60. The molecule has 1 aromatic heterocycles. The van der Waals surface area contributed by atoms with Crippen LogP contribution in [-0.4, -0.2) is 42.0 Å². The van der Waals surface area contributed by atoms with Crippen molar-refractivity contribution in [3.63, 3.8) is 0 Å². The summed E-state index contributed by atoms with van der Waals surface area (Å²) in [6.45, 7) is 5.90. The fraction of sp³-hybridized carbons (Fsp3) is 0.625. The highest BCUT2D eigenvalue weighted by Crippen LogP contribution is 2.38. The SMILES string of the molecule is Cc1cccnc1N1C[C@@H]2CN(CC3CC3)C(=O)[C@@H]2C1. The molecule has 0 unspecified atom stereocenters. The zero-order valence-electron chi connectivity index (χ0n) is 12.0. The fourth-order valence-corrected chi connectivity index (χ4v) is 3.70. The zero-order valence-corrected chi connectivity index (χ0v) is 12.0. The molecule has 2 saturated heterocycles. The molecule has 3 aliphatic rings. The molecule has 1 saturated carbocycles. The third-order valence-electron chi connectivity index (χ3n) is 4.98. The van der Waals surface area contributed by atoms with Crippen LogP contribution in [0.1, 0.15) is 18.4 Å². The summed E-state index contributed by atoms with van der Waals surface area (Å²) in [4.78, 5) is 21.4. The van der Waals surface area contributed by atoms with Crippen LogP contribution in [0.5, 0.6) is 0 Å². The van der Waals surface area contributed by atoms with Crippen molar-refractivity contribution in [2.45, 2.75) is 19.8 Å². The number of nitrogens with zero attached hydrogens (tertiary/aromatic N) is 3. The molecule has 0 aromatic carbocycles. The lowest BCUT2D eigenvalue weighted by Gasteiger charge is -2.23. The van der Waals surface area contributed by atoms with Gasteiger partial charge in [-0.15, -0.1) is 0 Å². The maximum atomic E-state index is 12.5. The maximum Gasteiger partial charge on any atom is 0.227 e. The van der Waals surface area contributed by atoms with Crippen molar-refractivity contribution in [2.75, 3.05) is 31.1 Å². The third-order valence-corrected chi connectivity index (χ3v) is 4.98. The first kappa shape index (κ1) is 12.2. The first-order valence-corrected chi connectivity index (χ1v) is 7.67. The molecule has 0 bridgehead atoms. The molecule has 106 valence electrons. The lowest BCUT2D eigenvalue weighted by atomic mass is 10.0. The van der Waals surface area contributed by atoms with Crippen molar-refractivity contribution in [1.29, 1.82) is 0 Å². The summed E-state index contributed by atoms with van der Waals surface area (Å²) in [6.07, 6.45) is 4.48. The predicted octanol–water partition coefficient (Wildman–Crippen LogP) is 1.69. The van der Waals surface area contributed by atoms with Crippen molar-refractivity contribution in [3.05, 3.63) is 23.9 Å². The van der Waals surface area contributed by atoms with E-state index in [-0.39, 0.29) is 5.92 Å². The number of pyridine rings is 1. The second-order valence-corrected chi connectivity index (χ2v) is 6.60. The molecule has 0 spiro atoms. The van der Waals surface area contributed by atoms with Gasteiger partial charge in [0.05, 0.1) is 5.92 Å². The fourth-order valence-electron chi connectivity index (χ4n) is 3.70. The molecule has 1 aromatic rings. The minimum Gasteiger partial charge on any atom is -0.355 e. The van der Waals surface area contributed by atoms with E-state index in [1.165, 1.54) is 18.4 Å². The van der Waals surface area contributed by atoms with Crippen LogP contribution in [-0.2, 0) is 4.79 Å². The maximum absolute atomic E-state index is 12.5. The number of hydrogen-bond donors (Lipinski definition) is 0. The van der Waals surface area contributed by atoms with Gasteiger partial charge in [0, 0.05) is 38.3 Å². The molecule has 2 aliphatic heterocycles. The van der Waals surface area contributed by atoms with Crippen LogP contribution in [0, 0.1) is 24.7 Å². The number of aryl methyl sites for hydroxylation is 1. The van der Waals surface area contributed by atoms with Crippen molar-refractivity contribution >= 4 is 11.7 Å². The predicted molar refractivity (Wildman–Crippen MR) is 77.5 cm³/mol. The molecule has 1 amide bonds. The smallest absolute Gasteiger partial charge is 0.227 e. The van der Waals surface area contributed by atoms with E-state index in [1.54, 1.807) is 0 Å². The van der Waals surface area contributed by atoms with Crippen molar-refractivity contribution in [3.8, 4) is 0 Å². The zero-order chi connectivity index (χ0) is 13.7. The van der Waals surface area contributed by atoms with Crippen molar-refractivity contribution in [1.82, 2.24) is 9.88 Å². The van der Waals surface area contributed by atoms with Gasteiger partial charge < -0.3 is 9.80 Å². The second kappa shape index (κ2) is 4.47. The van der Waals surface area contributed by atoms with Crippen LogP contribution in [0.3, 0.4) is 0 Å². The van der Waals surface area contributed by atoms with Crippen molar-refractivity contribution in [2.24, 2.45) is 17.8 Å². The van der Waals surface area contributed by atoms with E-state index in [1.807, 2.05) is 12.3 Å². The highest BCUT2D eigenvalue weighted by molar-refractivity contribution is 5.83. The number of rotatable bonds is 3. The Morgan fingerprint density at radius 1 is 1.30 bits per heavy atom. The number of aromatic nitrogens is 1. The van der Waals surface area contributed by atoms with Gasteiger partial charge in [-0.05, 0) is 37.3 Å². The summed E-state index contributed by atoms with van der Waals surface area (Å²) < 4.78 is 0. The number of likely N-dealkylation sites (tertiary alicyclic amines) is 1. The molecule has 1 aliphatic carbocycles. The Morgan fingerprint density at radius 2 is 2.15 bits per heavy atom. The van der Waals surface area contributed by atoms with E-state index >= 15 is 0 Å². The van der Waals surface area contributed by atoms with E-state index in [0.717, 1.165) is 37.9 Å². The molecular formula is C16H21N3O. The Kier molecular flexibility index (Phi) is 2.72. The standard InChI is InChI=1S/C16H21N3O/c1-11-3-2-6-17-15(11)18-8-13-9-19(7-12-4-5-12)16(20)14(13)10-18/h2-3,6,12-14H,4-5,7-10H2,1H3/t13-,14-/m1/s1. The van der Waals surface area contributed by atoms with E-state index in [2.05, 4.69) is 27.8 Å². The van der Waals surface area contributed by atoms with Crippen molar-refractivity contribution < 1.29 is 4.79 Å². The summed E-state index contributed by atoms with van der Waals surface area (Å²) in [5, 5.41) is 0. The number of carbonyl (C=O) groups is 1. The number of hydrogen-bond acceptors (Lipinski definition) is 3. The number of anilines is 1. The third kappa shape index (κ3) is 1.98. The molecule has 4 rings (SSSR count). The van der Waals surface area contributed by atoms with Crippen LogP contribution in [0.2, 0.25) is 0 Å². The van der Waals surface area contributed by atoms with Gasteiger partial charge in [0.15, 0.2) is 0 Å².